The molecule has 1 N–H and O–H groups in total. The van der Waals surface area contributed by atoms with Gasteiger partial charge in [0, 0.05) is 19.0 Å². The number of carbonyl (C=O) groups excluding carboxylic acids is 2. The molecule has 0 atom stereocenters. The SMILES string of the molecule is CCCCCCCCCCCCNC(=O)c1cccc(CN(Cc2cccc(C#N)c2)OC(C)=O)c1. The first-order valence-electron chi connectivity index (χ1n) is 13.3. The van der Waals surface area contributed by atoms with Crippen LogP contribution < -0.4 is 5.32 Å². The average molecular weight is 492 g/mol. The molecule has 0 radical (unpaired) electrons. The number of hydrogen-bond donors (Lipinski definition) is 1. The van der Waals surface area contributed by atoms with Crippen LogP contribution in [0.3, 0.4) is 0 Å². The molecule has 6 heteroatoms. The van der Waals surface area contributed by atoms with E-state index in [1.165, 1.54) is 58.3 Å². The first kappa shape index (κ1) is 29.1. The standard InChI is InChI=1S/C30H41N3O3/c1-3-4-5-6-7-8-9-10-11-12-19-32-30(35)29-18-14-17-28(21-29)24-33(36-25(2)34)23-27-16-13-15-26(20-27)22-31/h13-18,20-21H,3-12,19,23-24H2,1-2H3,(H,32,35). The number of benzene rings is 2. The number of nitriles is 1. The van der Waals surface area contributed by atoms with Gasteiger partial charge in [-0.2, -0.15) is 5.26 Å². The molecule has 0 unspecified atom stereocenters. The summed E-state index contributed by atoms with van der Waals surface area (Å²) >= 11 is 0. The molecule has 2 rings (SSSR count). The molecule has 0 saturated heterocycles. The molecule has 0 aliphatic carbocycles. The lowest BCUT2D eigenvalue weighted by molar-refractivity contribution is -0.194. The summed E-state index contributed by atoms with van der Waals surface area (Å²) < 4.78 is 0. The zero-order valence-corrected chi connectivity index (χ0v) is 21.9. The summed E-state index contributed by atoms with van der Waals surface area (Å²) in [6, 6.07) is 16.7. The minimum atomic E-state index is -0.420. The highest BCUT2D eigenvalue weighted by atomic mass is 16.7. The minimum Gasteiger partial charge on any atom is -0.368 e. The molecule has 36 heavy (non-hydrogen) atoms. The van der Waals surface area contributed by atoms with Crippen molar-refractivity contribution < 1.29 is 14.4 Å². The molecule has 194 valence electrons. The number of rotatable bonds is 17. The molecule has 0 saturated carbocycles. The van der Waals surface area contributed by atoms with Gasteiger partial charge in [0.15, 0.2) is 0 Å². The number of unbranched alkanes of at least 4 members (excludes halogenated alkanes) is 9. The number of hydroxylamine groups is 2. The predicted octanol–water partition coefficient (Wildman–Crippen LogP) is 6.69. The minimum absolute atomic E-state index is 0.0893. The summed E-state index contributed by atoms with van der Waals surface area (Å²) in [7, 11) is 0. The van der Waals surface area contributed by atoms with Crippen LogP contribution in [0.15, 0.2) is 48.5 Å². The van der Waals surface area contributed by atoms with E-state index < -0.39 is 5.97 Å². The molecule has 1 amide bonds. The average Bonchev–Trinajstić information content (AvgIpc) is 2.87. The number of carbonyl (C=O) groups is 2. The zero-order valence-electron chi connectivity index (χ0n) is 21.9. The van der Waals surface area contributed by atoms with Gasteiger partial charge in [0.2, 0.25) is 0 Å². The van der Waals surface area contributed by atoms with Crippen LogP contribution >= 0.6 is 0 Å². The van der Waals surface area contributed by atoms with E-state index >= 15 is 0 Å². The first-order chi connectivity index (χ1) is 17.5. The van der Waals surface area contributed by atoms with Gasteiger partial charge in [-0.3, -0.25) is 9.59 Å². The van der Waals surface area contributed by atoms with Gasteiger partial charge < -0.3 is 10.2 Å². The summed E-state index contributed by atoms with van der Waals surface area (Å²) in [5.74, 6) is -0.509. The molecule has 0 spiro atoms. The van der Waals surface area contributed by atoms with Crippen molar-refractivity contribution in [1.82, 2.24) is 10.4 Å². The lowest BCUT2D eigenvalue weighted by Gasteiger charge is -2.21. The van der Waals surface area contributed by atoms with Crippen LogP contribution in [0.2, 0.25) is 0 Å². The van der Waals surface area contributed by atoms with Gasteiger partial charge in [-0.05, 0) is 41.8 Å². The van der Waals surface area contributed by atoms with Crippen molar-refractivity contribution in [2.75, 3.05) is 6.54 Å². The molecule has 2 aromatic carbocycles. The maximum atomic E-state index is 12.6. The molecule has 0 fully saturated rings. The second kappa shape index (κ2) is 17.3. The third-order valence-electron chi connectivity index (χ3n) is 6.04. The summed E-state index contributed by atoms with van der Waals surface area (Å²) in [6.45, 7) is 4.94. The number of nitrogens with zero attached hydrogens (tertiary/aromatic N) is 2. The normalized spacial score (nSPS) is 10.7. The second-order valence-electron chi connectivity index (χ2n) is 9.33. The van der Waals surface area contributed by atoms with Crippen LogP contribution in [0.25, 0.3) is 0 Å². The van der Waals surface area contributed by atoms with E-state index in [2.05, 4.69) is 18.3 Å². The number of nitrogens with one attached hydrogen (secondary N) is 1. The molecule has 0 bridgehead atoms. The smallest absolute Gasteiger partial charge is 0.322 e. The van der Waals surface area contributed by atoms with Crippen LogP contribution in [0.5, 0.6) is 0 Å². The van der Waals surface area contributed by atoms with Gasteiger partial charge in [-0.1, -0.05) is 89.0 Å². The van der Waals surface area contributed by atoms with Crippen molar-refractivity contribution in [2.24, 2.45) is 0 Å². The largest absolute Gasteiger partial charge is 0.368 e. The predicted molar refractivity (Wildman–Crippen MR) is 143 cm³/mol. The van der Waals surface area contributed by atoms with Crippen molar-refractivity contribution in [3.63, 3.8) is 0 Å². The molecule has 0 aliphatic heterocycles. The third-order valence-corrected chi connectivity index (χ3v) is 6.04. The summed E-state index contributed by atoms with van der Waals surface area (Å²) in [5, 5.41) is 13.7. The Morgan fingerprint density at radius 2 is 1.44 bits per heavy atom. The summed E-state index contributed by atoms with van der Waals surface area (Å²) in [6.07, 6.45) is 12.7. The summed E-state index contributed by atoms with van der Waals surface area (Å²) in [4.78, 5) is 29.7. The molecule has 0 heterocycles. The molecule has 2 aromatic rings. The fraction of sp³-hybridized carbons (Fsp3) is 0.500. The highest BCUT2D eigenvalue weighted by molar-refractivity contribution is 5.94. The monoisotopic (exact) mass is 491 g/mol. The van der Waals surface area contributed by atoms with Gasteiger partial charge in [0.25, 0.3) is 5.91 Å². The molecular weight excluding hydrogens is 450 g/mol. The Kier molecular flexibility index (Phi) is 14.0. The lowest BCUT2D eigenvalue weighted by Crippen LogP contribution is -2.26. The van der Waals surface area contributed by atoms with Gasteiger partial charge in [0.1, 0.15) is 0 Å². The van der Waals surface area contributed by atoms with E-state index in [1.54, 1.807) is 29.3 Å². The van der Waals surface area contributed by atoms with Gasteiger partial charge >= 0.3 is 5.97 Å². The van der Waals surface area contributed by atoms with Crippen LogP contribution in [0, 0.1) is 11.3 Å². The van der Waals surface area contributed by atoms with Crippen molar-refractivity contribution in [2.45, 2.75) is 91.1 Å². The molecular formula is C30H41N3O3. The first-order valence-corrected chi connectivity index (χ1v) is 13.3. The Labute approximate surface area is 216 Å². The topological polar surface area (TPSA) is 82.4 Å². The molecule has 0 aromatic heterocycles. The highest BCUT2D eigenvalue weighted by Crippen LogP contribution is 2.14. The van der Waals surface area contributed by atoms with Crippen LogP contribution in [-0.2, 0) is 22.7 Å². The number of amides is 1. The zero-order chi connectivity index (χ0) is 26.0. The van der Waals surface area contributed by atoms with Crippen LogP contribution in [-0.4, -0.2) is 23.5 Å². The van der Waals surface area contributed by atoms with Gasteiger partial charge in [-0.15, -0.1) is 5.06 Å². The van der Waals surface area contributed by atoms with E-state index in [1.807, 2.05) is 24.3 Å². The Bertz CT molecular complexity index is 983. The maximum Gasteiger partial charge on any atom is 0.322 e. The van der Waals surface area contributed by atoms with Gasteiger partial charge in [-0.25, -0.2) is 0 Å². The van der Waals surface area contributed by atoms with E-state index in [-0.39, 0.29) is 5.91 Å². The highest BCUT2D eigenvalue weighted by Gasteiger charge is 2.13. The van der Waals surface area contributed by atoms with E-state index in [9.17, 15) is 9.59 Å². The Balaban J connectivity index is 1.78. The van der Waals surface area contributed by atoms with Crippen molar-refractivity contribution in [3.8, 4) is 6.07 Å². The molecule has 0 aliphatic rings. The summed E-state index contributed by atoms with van der Waals surface area (Å²) in [5.41, 5.74) is 2.87. The van der Waals surface area contributed by atoms with Crippen LogP contribution in [0.1, 0.15) is 105 Å². The van der Waals surface area contributed by atoms with Gasteiger partial charge in [0.05, 0.1) is 24.7 Å². The fourth-order valence-electron chi connectivity index (χ4n) is 4.18. The van der Waals surface area contributed by atoms with E-state index in [0.717, 1.165) is 24.0 Å². The third kappa shape index (κ3) is 12.0. The molecule has 6 nitrogen and oxygen atoms in total. The number of hydrogen-bond acceptors (Lipinski definition) is 5. The maximum absolute atomic E-state index is 12.6. The Morgan fingerprint density at radius 1 is 0.861 bits per heavy atom. The van der Waals surface area contributed by atoms with Crippen LogP contribution in [0.4, 0.5) is 0 Å². The van der Waals surface area contributed by atoms with E-state index in [0.29, 0.717) is 30.8 Å². The quantitative estimate of drug-likeness (QED) is 0.197. The Hall–Kier alpha value is -3.17. The fourth-order valence-corrected chi connectivity index (χ4v) is 4.18. The van der Waals surface area contributed by atoms with Crippen molar-refractivity contribution >= 4 is 11.9 Å². The lowest BCUT2D eigenvalue weighted by atomic mass is 10.1. The van der Waals surface area contributed by atoms with Crippen molar-refractivity contribution in [3.05, 3.63) is 70.8 Å². The second-order valence-corrected chi connectivity index (χ2v) is 9.33. The van der Waals surface area contributed by atoms with E-state index in [4.69, 9.17) is 10.1 Å². The van der Waals surface area contributed by atoms with Crippen molar-refractivity contribution in [1.29, 1.82) is 5.26 Å². The Morgan fingerprint density at radius 3 is 2.06 bits per heavy atom.